The Balaban J connectivity index is 1.39. The van der Waals surface area contributed by atoms with Gasteiger partial charge in [0.15, 0.2) is 0 Å². The first-order valence-electron chi connectivity index (χ1n) is 9.84. The van der Waals surface area contributed by atoms with Crippen molar-refractivity contribution in [3.63, 3.8) is 0 Å². The molecule has 0 bridgehead atoms. The van der Waals surface area contributed by atoms with Crippen LogP contribution in [0.2, 0.25) is 0 Å². The summed E-state index contributed by atoms with van der Waals surface area (Å²) in [5.74, 6) is 1.99. The van der Waals surface area contributed by atoms with Gasteiger partial charge in [0.2, 0.25) is 0 Å². The molecule has 0 radical (unpaired) electrons. The van der Waals surface area contributed by atoms with Crippen molar-refractivity contribution in [3.05, 3.63) is 47.2 Å². The minimum atomic E-state index is 0.0000610. The maximum Gasteiger partial charge on any atom is 0.133 e. The molecule has 144 valence electrons. The molecule has 6 heteroatoms. The normalized spacial score (nSPS) is 18.4. The van der Waals surface area contributed by atoms with Crippen molar-refractivity contribution in [1.29, 1.82) is 0 Å². The first kappa shape index (κ1) is 18.3. The van der Waals surface area contributed by atoms with Crippen LogP contribution < -0.4 is 4.90 Å². The van der Waals surface area contributed by atoms with E-state index in [1.807, 2.05) is 12.4 Å². The smallest absolute Gasteiger partial charge is 0.133 e. The van der Waals surface area contributed by atoms with Crippen molar-refractivity contribution >= 4 is 5.82 Å². The predicted octanol–water partition coefficient (Wildman–Crippen LogP) is 2.56. The summed E-state index contributed by atoms with van der Waals surface area (Å²) >= 11 is 0. The van der Waals surface area contributed by atoms with E-state index in [1.54, 1.807) is 0 Å². The molecule has 0 spiro atoms. The van der Waals surface area contributed by atoms with Crippen molar-refractivity contribution in [1.82, 2.24) is 19.9 Å². The number of fused-ring (bicyclic) bond motifs is 1. The van der Waals surface area contributed by atoms with Gasteiger partial charge in [0.25, 0.3) is 0 Å². The van der Waals surface area contributed by atoms with Gasteiger partial charge in [0.1, 0.15) is 11.6 Å². The molecule has 0 aliphatic carbocycles. The summed E-state index contributed by atoms with van der Waals surface area (Å²) in [5, 5.41) is 0. The van der Waals surface area contributed by atoms with Crippen LogP contribution in [0.25, 0.3) is 0 Å². The Morgan fingerprint density at radius 2 is 1.85 bits per heavy atom. The zero-order chi connectivity index (χ0) is 18.9. The van der Waals surface area contributed by atoms with Crippen LogP contribution in [-0.4, -0.2) is 52.7 Å². The van der Waals surface area contributed by atoms with Gasteiger partial charge in [-0.1, -0.05) is 26.8 Å². The molecule has 0 N–H and O–H groups in total. The molecular weight excluding hydrogens is 338 g/mol. The highest BCUT2D eigenvalue weighted by atomic mass is 16.5. The maximum absolute atomic E-state index is 5.41. The molecule has 2 aromatic heterocycles. The van der Waals surface area contributed by atoms with Crippen molar-refractivity contribution in [3.8, 4) is 0 Å². The second-order valence-corrected chi connectivity index (χ2v) is 8.50. The van der Waals surface area contributed by atoms with Gasteiger partial charge in [0.05, 0.1) is 13.2 Å². The van der Waals surface area contributed by atoms with Gasteiger partial charge in [-0.15, -0.1) is 0 Å². The summed E-state index contributed by atoms with van der Waals surface area (Å²) < 4.78 is 5.41. The van der Waals surface area contributed by atoms with Crippen molar-refractivity contribution in [2.45, 2.75) is 45.7 Å². The highest BCUT2D eigenvalue weighted by Gasteiger charge is 2.23. The van der Waals surface area contributed by atoms with Crippen LogP contribution >= 0.6 is 0 Å². The lowest BCUT2D eigenvalue weighted by Crippen LogP contribution is -2.36. The largest absolute Gasteiger partial charge is 0.378 e. The third kappa shape index (κ3) is 4.28. The van der Waals surface area contributed by atoms with E-state index in [0.717, 1.165) is 64.0 Å². The Bertz CT molecular complexity index is 778. The van der Waals surface area contributed by atoms with Gasteiger partial charge in [-0.2, -0.15) is 0 Å². The number of anilines is 1. The number of pyridine rings is 1. The maximum atomic E-state index is 5.41. The Labute approximate surface area is 161 Å². The molecule has 2 aliphatic heterocycles. The van der Waals surface area contributed by atoms with Gasteiger partial charge < -0.3 is 9.64 Å². The summed E-state index contributed by atoms with van der Waals surface area (Å²) in [5.41, 5.74) is 3.72. The van der Waals surface area contributed by atoms with Crippen molar-refractivity contribution in [2.24, 2.45) is 0 Å². The van der Waals surface area contributed by atoms with Gasteiger partial charge in [-0.25, -0.2) is 15.0 Å². The summed E-state index contributed by atoms with van der Waals surface area (Å²) in [4.78, 5) is 18.8. The molecular formula is C21H29N5O. The van der Waals surface area contributed by atoms with E-state index in [0.29, 0.717) is 0 Å². The van der Waals surface area contributed by atoms with Gasteiger partial charge in [0, 0.05) is 68.2 Å². The van der Waals surface area contributed by atoms with Gasteiger partial charge in [-0.05, 0) is 11.6 Å². The molecule has 1 fully saturated rings. The van der Waals surface area contributed by atoms with E-state index in [-0.39, 0.29) is 5.41 Å². The molecule has 6 nitrogen and oxygen atoms in total. The number of morpholine rings is 1. The topological polar surface area (TPSA) is 54.4 Å². The summed E-state index contributed by atoms with van der Waals surface area (Å²) in [6.07, 6.45) is 5.02. The second-order valence-electron chi connectivity index (χ2n) is 8.50. The SMILES string of the molecule is CC(C)(C)c1ncc2c(n1)CCN(Cc1ccc(N3CCOCC3)nc1)C2. The monoisotopic (exact) mass is 367 g/mol. The van der Waals surface area contributed by atoms with E-state index in [2.05, 4.69) is 52.7 Å². The van der Waals surface area contributed by atoms with E-state index in [9.17, 15) is 0 Å². The number of rotatable bonds is 3. The number of aromatic nitrogens is 3. The fourth-order valence-electron chi connectivity index (χ4n) is 3.62. The summed E-state index contributed by atoms with van der Waals surface area (Å²) in [6, 6.07) is 4.34. The zero-order valence-corrected chi connectivity index (χ0v) is 16.6. The minimum Gasteiger partial charge on any atom is -0.378 e. The average molecular weight is 367 g/mol. The van der Waals surface area contributed by atoms with Crippen molar-refractivity contribution < 1.29 is 4.74 Å². The van der Waals surface area contributed by atoms with E-state index >= 15 is 0 Å². The fraction of sp³-hybridized carbons (Fsp3) is 0.571. The summed E-state index contributed by atoms with van der Waals surface area (Å²) in [6.45, 7) is 12.8. The Kier molecular flexibility index (Phi) is 5.10. The molecule has 0 atom stereocenters. The van der Waals surface area contributed by atoms with Crippen LogP contribution in [0.15, 0.2) is 24.5 Å². The summed E-state index contributed by atoms with van der Waals surface area (Å²) in [7, 11) is 0. The molecule has 1 saturated heterocycles. The Hall–Kier alpha value is -2.05. The van der Waals surface area contributed by atoms with Crippen LogP contribution in [0.1, 0.15) is 43.4 Å². The van der Waals surface area contributed by atoms with E-state index < -0.39 is 0 Å². The number of hydrogen-bond acceptors (Lipinski definition) is 6. The van der Waals surface area contributed by atoms with Crippen LogP contribution in [-0.2, 0) is 29.7 Å². The third-order valence-corrected chi connectivity index (χ3v) is 5.23. The zero-order valence-electron chi connectivity index (χ0n) is 16.6. The van der Waals surface area contributed by atoms with Gasteiger partial charge in [-0.3, -0.25) is 4.90 Å². The fourth-order valence-corrected chi connectivity index (χ4v) is 3.62. The number of ether oxygens (including phenoxy) is 1. The highest BCUT2D eigenvalue weighted by molar-refractivity contribution is 5.39. The van der Waals surface area contributed by atoms with Crippen LogP contribution in [0.5, 0.6) is 0 Å². The molecule has 4 rings (SSSR count). The standard InChI is InChI=1S/C21H29N5O/c1-21(2,3)20-23-13-17-15-25(7-6-18(17)24-20)14-16-4-5-19(22-12-16)26-8-10-27-11-9-26/h4-5,12-13H,6-11,14-15H2,1-3H3. The Morgan fingerprint density at radius 1 is 1.04 bits per heavy atom. The molecule has 0 saturated carbocycles. The highest BCUT2D eigenvalue weighted by Crippen LogP contribution is 2.23. The first-order chi connectivity index (χ1) is 13.0. The van der Waals surface area contributed by atoms with Crippen LogP contribution in [0.4, 0.5) is 5.82 Å². The van der Waals surface area contributed by atoms with Gasteiger partial charge >= 0.3 is 0 Å². The lowest BCUT2D eigenvalue weighted by Gasteiger charge is -2.30. The molecule has 0 aromatic carbocycles. The average Bonchev–Trinajstić information content (AvgIpc) is 2.68. The lowest BCUT2D eigenvalue weighted by atomic mass is 9.95. The number of nitrogens with zero attached hydrogens (tertiary/aromatic N) is 5. The predicted molar refractivity (Wildman–Crippen MR) is 106 cm³/mol. The van der Waals surface area contributed by atoms with Crippen LogP contribution in [0, 0.1) is 0 Å². The van der Waals surface area contributed by atoms with Crippen molar-refractivity contribution in [2.75, 3.05) is 37.7 Å². The van der Waals surface area contributed by atoms with E-state index in [4.69, 9.17) is 9.72 Å². The molecule has 2 aliphatic rings. The lowest BCUT2D eigenvalue weighted by molar-refractivity contribution is 0.122. The quantitative estimate of drug-likeness (QED) is 0.831. The Morgan fingerprint density at radius 3 is 2.56 bits per heavy atom. The van der Waals surface area contributed by atoms with Crippen LogP contribution in [0.3, 0.4) is 0 Å². The minimum absolute atomic E-state index is 0.0000610. The molecule has 27 heavy (non-hydrogen) atoms. The molecule has 0 unspecified atom stereocenters. The first-order valence-corrected chi connectivity index (χ1v) is 9.84. The molecule has 4 heterocycles. The molecule has 0 amide bonds. The molecule has 2 aromatic rings. The second kappa shape index (κ2) is 7.52. The number of hydrogen-bond donors (Lipinski definition) is 0. The van der Waals surface area contributed by atoms with E-state index in [1.165, 1.54) is 16.8 Å². The third-order valence-electron chi connectivity index (χ3n) is 5.23.